The molecule has 4 atom stereocenters. The highest BCUT2D eigenvalue weighted by Gasteiger charge is 2.51. The lowest BCUT2D eigenvalue weighted by Crippen LogP contribution is -3.12. The predicted octanol–water partition coefficient (Wildman–Crippen LogP) is 1.87. The molecular formula is C18H28NO3+. The molecule has 1 fully saturated rings. The van der Waals surface area contributed by atoms with Gasteiger partial charge >= 0.3 is 0 Å². The van der Waals surface area contributed by atoms with E-state index in [-0.39, 0.29) is 0 Å². The lowest BCUT2D eigenvalue weighted by molar-refractivity contribution is -0.926. The molecule has 0 aromatic heterocycles. The maximum absolute atomic E-state index is 5.74. The summed E-state index contributed by atoms with van der Waals surface area (Å²) < 4.78 is 16.9. The summed E-state index contributed by atoms with van der Waals surface area (Å²) in [5.41, 5.74) is 3.02. The number of rotatable bonds is 3. The molecule has 2 aliphatic rings. The first-order chi connectivity index (χ1) is 10.5. The van der Waals surface area contributed by atoms with Crippen molar-refractivity contribution in [2.24, 2.45) is 11.3 Å². The number of quaternary nitrogens is 1. The molecule has 122 valence electrons. The zero-order valence-corrected chi connectivity index (χ0v) is 14.6. The van der Waals surface area contributed by atoms with Crippen molar-refractivity contribution in [3.8, 4) is 17.2 Å². The molecule has 1 aromatic carbocycles. The van der Waals surface area contributed by atoms with Gasteiger partial charge in [0.2, 0.25) is 5.75 Å². The highest BCUT2D eigenvalue weighted by molar-refractivity contribution is 5.61. The van der Waals surface area contributed by atoms with Gasteiger partial charge in [-0.2, -0.15) is 0 Å². The first-order valence-corrected chi connectivity index (χ1v) is 8.11. The Balaban J connectivity index is 2.26. The van der Waals surface area contributed by atoms with Gasteiger partial charge in [0.1, 0.15) is 6.04 Å². The average molecular weight is 306 g/mol. The number of likely N-dealkylation sites (tertiary alicyclic amines) is 1. The lowest BCUT2D eigenvalue weighted by atomic mass is 9.59. The fourth-order valence-electron chi connectivity index (χ4n) is 4.58. The van der Waals surface area contributed by atoms with E-state index in [0.717, 1.165) is 23.7 Å². The first kappa shape index (κ1) is 15.5. The van der Waals surface area contributed by atoms with Gasteiger partial charge in [-0.05, 0) is 17.9 Å². The largest absolute Gasteiger partial charge is 0.493 e. The third-order valence-corrected chi connectivity index (χ3v) is 6.10. The number of hydrogen-bond acceptors (Lipinski definition) is 3. The van der Waals surface area contributed by atoms with Crippen LogP contribution in [0.2, 0.25) is 0 Å². The second-order valence-electron chi connectivity index (χ2n) is 7.16. The molecule has 0 amide bonds. The van der Waals surface area contributed by atoms with Crippen LogP contribution in [0.5, 0.6) is 17.2 Å². The Kier molecular flexibility index (Phi) is 3.76. The van der Waals surface area contributed by atoms with Gasteiger partial charge < -0.3 is 19.1 Å². The molecule has 0 spiro atoms. The molecule has 1 aliphatic heterocycles. The van der Waals surface area contributed by atoms with Crippen LogP contribution in [0, 0.1) is 11.3 Å². The molecule has 1 N–H and O–H groups in total. The molecule has 1 saturated heterocycles. The molecule has 0 radical (unpaired) electrons. The van der Waals surface area contributed by atoms with Gasteiger partial charge in [0.05, 0.1) is 34.9 Å². The first-order valence-electron chi connectivity index (χ1n) is 8.11. The van der Waals surface area contributed by atoms with Crippen LogP contribution in [0.4, 0.5) is 0 Å². The molecular weight excluding hydrogens is 278 g/mol. The van der Waals surface area contributed by atoms with E-state index in [4.69, 9.17) is 14.2 Å². The van der Waals surface area contributed by atoms with Crippen molar-refractivity contribution >= 4 is 0 Å². The summed E-state index contributed by atoms with van der Waals surface area (Å²) in [6, 6.07) is 2.67. The minimum Gasteiger partial charge on any atom is -0.493 e. The molecule has 1 aromatic rings. The number of piperidine rings is 1. The van der Waals surface area contributed by atoms with Crippen molar-refractivity contribution in [1.82, 2.24) is 0 Å². The van der Waals surface area contributed by atoms with Crippen LogP contribution in [0.1, 0.15) is 37.4 Å². The van der Waals surface area contributed by atoms with Crippen molar-refractivity contribution in [2.45, 2.75) is 32.7 Å². The van der Waals surface area contributed by atoms with Gasteiger partial charge in [-0.1, -0.05) is 13.8 Å². The van der Waals surface area contributed by atoms with Crippen LogP contribution < -0.4 is 19.1 Å². The maximum Gasteiger partial charge on any atom is 0.203 e. The van der Waals surface area contributed by atoms with Gasteiger partial charge in [0, 0.05) is 23.5 Å². The van der Waals surface area contributed by atoms with E-state index in [1.54, 1.807) is 26.2 Å². The average Bonchev–Trinajstić information content (AvgIpc) is 2.51. The normalized spacial score (nSPS) is 33.1. The molecule has 1 heterocycles. The van der Waals surface area contributed by atoms with Crippen LogP contribution in [0.3, 0.4) is 0 Å². The molecule has 4 nitrogen and oxygen atoms in total. The van der Waals surface area contributed by atoms with Crippen molar-refractivity contribution in [2.75, 3.05) is 34.9 Å². The van der Waals surface area contributed by atoms with Crippen LogP contribution in [-0.2, 0) is 6.42 Å². The Morgan fingerprint density at radius 2 is 1.82 bits per heavy atom. The van der Waals surface area contributed by atoms with Gasteiger partial charge in [-0.15, -0.1) is 0 Å². The van der Waals surface area contributed by atoms with Crippen molar-refractivity contribution < 1.29 is 19.1 Å². The molecule has 4 heteroatoms. The topological polar surface area (TPSA) is 32.1 Å². The number of nitrogens with one attached hydrogen (secondary N) is 1. The summed E-state index contributed by atoms with van der Waals surface area (Å²) in [6.45, 7) is 6.05. The van der Waals surface area contributed by atoms with E-state index in [9.17, 15) is 0 Å². The van der Waals surface area contributed by atoms with Crippen LogP contribution in [-0.4, -0.2) is 34.9 Å². The Morgan fingerprint density at radius 3 is 2.41 bits per heavy atom. The molecule has 1 aliphatic carbocycles. The Labute approximate surface area is 133 Å². The molecule has 22 heavy (non-hydrogen) atoms. The Morgan fingerprint density at radius 1 is 1.14 bits per heavy atom. The lowest BCUT2D eigenvalue weighted by Gasteiger charge is -2.51. The zero-order valence-electron chi connectivity index (χ0n) is 14.6. The summed E-state index contributed by atoms with van der Waals surface area (Å²) in [7, 11) is 7.40. The SMILES string of the molecule is COc1cc2c(c(OC)c1OC)C[C@]1(C)CC[NH+](C)[C@H]2[C@@H]1C. The fourth-order valence-corrected chi connectivity index (χ4v) is 4.58. The molecule has 2 bridgehead atoms. The predicted molar refractivity (Wildman–Crippen MR) is 86.2 cm³/mol. The van der Waals surface area contributed by atoms with E-state index in [0.29, 0.717) is 17.4 Å². The summed E-state index contributed by atoms with van der Waals surface area (Å²) in [5.74, 6) is 3.00. The minimum atomic E-state index is 0.337. The molecule has 1 unspecified atom stereocenters. The summed E-state index contributed by atoms with van der Waals surface area (Å²) in [4.78, 5) is 1.58. The van der Waals surface area contributed by atoms with Crippen molar-refractivity contribution in [1.29, 1.82) is 0 Å². The third kappa shape index (κ3) is 2.00. The molecule has 0 saturated carbocycles. The van der Waals surface area contributed by atoms with E-state index in [2.05, 4.69) is 27.0 Å². The standard InChI is InChI=1S/C18H27NO3/c1-11-15-12-9-14(20-4)17(22-6)16(21-5)13(12)10-18(11,2)7-8-19(15)3/h9,11,15H,7-8,10H2,1-6H3/p+1/t11-,15-,18-/m0/s1. The number of methoxy groups -OCH3 is 3. The zero-order chi connectivity index (χ0) is 16.1. The quantitative estimate of drug-likeness (QED) is 0.925. The van der Waals surface area contributed by atoms with Gasteiger partial charge in [0.15, 0.2) is 11.5 Å². The second kappa shape index (κ2) is 5.34. The minimum absolute atomic E-state index is 0.337. The Hall–Kier alpha value is -1.42. The van der Waals surface area contributed by atoms with Crippen molar-refractivity contribution in [3.05, 3.63) is 17.2 Å². The number of benzene rings is 1. The third-order valence-electron chi connectivity index (χ3n) is 6.10. The summed E-state index contributed by atoms with van der Waals surface area (Å²) in [5, 5.41) is 0. The monoisotopic (exact) mass is 306 g/mol. The number of ether oxygens (including phenoxy) is 3. The van der Waals surface area contributed by atoms with E-state index < -0.39 is 0 Å². The second-order valence-corrected chi connectivity index (χ2v) is 7.16. The maximum atomic E-state index is 5.74. The van der Waals surface area contributed by atoms with E-state index in [1.165, 1.54) is 24.1 Å². The number of hydrogen-bond donors (Lipinski definition) is 1. The van der Waals surface area contributed by atoms with E-state index in [1.807, 2.05) is 0 Å². The van der Waals surface area contributed by atoms with Gasteiger partial charge in [-0.25, -0.2) is 0 Å². The molecule has 3 rings (SSSR count). The van der Waals surface area contributed by atoms with Crippen LogP contribution in [0.25, 0.3) is 0 Å². The highest BCUT2D eigenvalue weighted by Crippen LogP contribution is 2.54. The number of fused-ring (bicyclic) bond motifs is 4. The van der Waals surface area contributed by atoms with Crippen LogP contribution >= 0.6 is 0 Å². The Bertz CT molecular complexity index is 586. The highest BCUT2D eigenvalue weighted by atomic mass is 16.5. The van der Waals surface area contributed by atoms with Crippen molar-refractivity contribution in [3.63, 3.8) is 0 Å². The smallest absolute Gasteiger partial charge is 0.203 e. The summed E-state index contributed by atoms with van der Waals surface area (Å²) >= 11 is 0. The summed E-state index contributed by atoms with van der Waals surface area (Å²) in [6.07, 6.45) is 2.31. The van der Waals surface area contributed by atoms with E-state index >= 15 is 0 Å². The van der Waals surface area contributed by atoms with Crippen LogP contribution in [0.15, 0.2) is 6.07 Å². The van der Waals surface area contributed by atoms with Gasteiger partial charge in [-0.3, -0.25) is 0 Å². The van der Waals surface area contributed by atoms with Gasteiger partial charge in [0.25, 0.3) is 0 Å². The fraction of sp³-hybridized carbons (Fsp3) is 0.667.